The molecule has 0 bridgehead atoms. The number of para-hydroxylation sites is 1. The van der Waals surface area contributed by atoms with Gasteiger partial charge in [0.2, 0.25) is 10.0 Å². The molecule has 8 heteroatoms. The summed E-state index contributed by atoms with van der Waals surface area (Å²) in [5, 5.41) is 3.88. The summed E-state index contributed by atoms with van der Waals surface area (Å²) >= 11 is 0. The fraction of sp³-hybridized carbons (Fsp3) is 0.333. The van der Waals surface area contributed by atoms with Gasteiger partial charge in [-0.15, -0.1) is 0 Å². The highest BCUT2D eigenvalue weighted by atomic mass is 32.2. The zero-order valence-electron chi connectivity index (χ0n) is 18.4. The lowest BCUT2D eigenvalue weighted by Crippen LogP contribution is -2.31. The number of benzene rings is 2. The van der Waals surface area contributed by atoms with Crippen molar-refractivity contribution in [1.82, 2.24) is 9.29 Å². The van der Waals surface area contributed by atoms with Crippen LogP contribution < -0.4 is 10.2 Å². The molecule has 0 saturated carbocycles. The lowest BCUT2D eigenvalue weighted by atomic mass is 10.2. The number of nitrogens with zero attached hydrogens (tertiary/aromatic N) is 3. The van der Waals surface area contributed by atoms with E-state index in [4.69, 9.17) is 0 Å². The molecule has 4 rings (SSSR count). The lowest BCUT2D eigenvalue weighted by Gasteiger charge is -2.24. The zero-order chi connectivity index (χ0) is 22.7. The van der Waals surface area contributed by atoms with Gasteiger partial charge < -0.3 is 10.2 Å². The Morgan fingerprint density at radius 3 is 2.47 bits per heavy atom. The minimum absolute atomic E-state index is 0.172. The summed E-state index contributed by atoms with van der Waals surface area (Å²) in [4.78, 5) is 19.9. The average Bonchev–Trinajstić information content (AvgIpc) is 3.34. The largest absolute Gasteiger partial charge is 0.370 e. The van der Waals surface area contributed by atoms with Crippen molar-refractivity contribution in [3.63, 3.8) is 0 Å². The van der Waals surface area contributed by atoms with Crippen LogP contribution in [0.1, 0.15) is 37.2 Å². The monoisotopic (exact) mass is 452 g/mol. The quantitative estimate of drug-likeness (QED) is 0.583. The van der Waals surface area contributed by atoms with E-state index in [2.05, 4.69) is 15.2 Å². The smallest absolute Gasteiger partial charge is 0.274 e. The van der Waals surface area contributed by atoms with Crippen LogP contribution in [0, 0.1) is 0 Å². The maximum absolute atomic E-state index is 13.1. The minimum Gasteiger partial charge on any atom is -0.370 e. The fourth-order valence-corrected chi connectivity index (χ4v) is 5.59. The molecular formula is C24H28N4O3S. The second-order valence-corrected chi connectivity index (χ2v) is 9.74. The summed E-state index contributed by atoms with van der Waals surface area (Å²) in [7, 11) is -3.65. The second kappa shape index (κ2) is 9.26. The van der Waals surface area contributed by atoms with Gasteiger partial charge in [-0.25, -0.2) is 13.4 Å². The highest BCUT2D eigenvalue weighted by Crippen LogP contribution is 2.32. The summed E-state index contributed by atoms with van der Waals surface area (Å²) in [6.45, 7) is 6.14. The van der Waals surface area contributed by atoms with Crippen LogP contribution in [-0.4, -0.2) is 49.8 Å². The molecule has 0 radical (unpaired) electrons. The number of carbonyl (C=O) groups is 1. The molecule has 32 heavy (non-hydrogen) atoms. The molecule has 1 N–H and O–H groups in total. The first-order valence-corrected chi connectivity index (χ1v) is 12.4. The van der Waals surface area contributed by atoms with E-state index in [1.54, 1.807) is 24.3 Å². The molecule has 2 heterocycles. The van der Waals surface area contributed by atoms with Crippen molar-refractivity contribution in [3.8, 4) is 0 Å². The number of carbonyl (C=O) groups excluding carboxylic acids is 1. The number of aromatic nitrogens is 1. The third kappa shape index (κ3) is 4.33. The first-order chi connectivity index (χ1) is 15.4. The fourth-order valence-electron chi connectivity index (χ4n) is 4.10. The summed E-state index contributed by atoms with van der Waals surface area (Å²) in [6, 6.07) is 16.1. The van der Waals surface area contributed by atoms with Crippen molar-refractivity contribution in [2.75, 3.05) is 36.4 Å². The predicted molar refractivity (Wildman–Crippen MR) is 128 cm³/mol. The Morgan fingerprint density at radius 2 is 1.75 bits per heavy atom. The number of nitrogens with one attached hydrogen (secondary N) is 1. The number of fused-ring (bicyclic) bond motifs is 1. The Bertz CT molecular complexity index is 1230. The molecule has 1 aliphatic rings. The summed E-state index contributed by atoms with van der Waals surface area (Å²) in [6.07, 6.45) is 2.14. The molecule has 3 aromatic rings. The van der Waals surface area contributed by atoms with E-state index in [-0.39, 0.29) is 16.5 Å². The summed E-state index contributed by atoms with van der Waals surface area (Å²) in [5.74, 6) is -0.367. The Hall–Kier alpha value is -2.97. The molecule has 1 aromatic heterocycles. The summed E-state index contributed by atoms with van der Waals surface area (Å²) in [5.41, 5.74) is 2.33. The van der Waals surface area contributed by atoms with Crippen molar-refractivity contribution in [2.24, 2.45) is 0 Å². The highest BCUT2D eigenvalue weighted by Gasteiger charge is 2.25. The van der Waals surface area contributed by atoms with Gasteiger partial charge in [-0.3, -0.25) is 4.79 Å². The van der Waals surface area contributed by atoms with E-state index in [1.165, 1.54) is 4.31 Å². The van der Waals surface area contributed by atoms with Crippen molar-refractivity contribution in [3.05, 3.63) is 60.3 Å². The SMILES string of the molecule is CCN(CC)S(=O)(=O)c1ccc(N2CCCC2)c(NC(=O)c2ccc3ccccc3n2)c1. The number of hydrogen-bond acceptors (Lipinski definition) is 5. The highest BCUT2D eigenvalue weighted by molar-refractivity contribution is 7.89. The van der Waals surface area contributed by atoms with Crippen LogP contribution in [0.15, 0.2) is 59.5 Å². The number of hydrogen-bond donors (Lipinski definition) is 1. The van der Waals surface area contributed by atoms with Crippen LogP contribution in [0.5, 0.6) is 0 Å². The first-order valence-electron chi connectivity index (χ1n) is 11.0. The maximum atomic E-state index is 13.1. The molecule has 1 fully saturated rings. The molecule has 0 unspecified atom stereocenters. The van der Waals surface area contributed by atoms with E-state index in [9.17, 15) is 13.2 Å². The Morgan fingerprint density at radius 1 is 1.03 bits per heavy atom. The van der Waals surface area contributed by atoms with Gasteiger partial charge in [0, 0.05) is 31.6 Å². The topological polar surface area (TPSA) is 82.6 Å². The normalized spacial score (nSPS) is 14.3. The average molecular weight is 453 g/mol. The number of pyridine rings is 1. The lowest BCUT2D eigenvalue weighted by molar-refractivity contribution is 0.102. The van der Waals surface area contributed by atoms with Crippen LogP contribution in [-0.2, 0) is 10.0 Å². The van der Waals surface area contributed by atoms with Crippen molar-refractivity contribution in [1.29, 1.82) is 0 Å². The van der Waals surface area contributed by atoms with Gasteiger partial charge in [-0.05, 0) is 43.2 Å². The van der Waals surface area contributed by atoms with Crippen LogP contribution >= 0.6 is 0 Å². The van der Waals surface area contributed by atoms with Crippen LogP contribution in [0.4, 0.5) is 11.4 Å². The van der Waals surface area contributed by atoms with Crippen LogP contribution in [0.3, 0.4) is 0 Å². The molecule has 1 amide bonds. The zero-order valence-corrected chi connectivity index (χ0v) is 19.2. The standard InChI is InChI=1S/C24H28N4O3S/c1-3-28(4-2)32(30,31)19-12-14-23(27-15-7-8-16-27)22(17-19)26-24(29)21-13-11-18-9-5-6-10-20(18)25-21/h5-6,9-14,17H,3-4,7-8,15-16H2,1-2H3,(H,26,29). The number of anilines is 2. The molecular weight excluding hydrogens is 424 g/mol. The van der Waals surface area contributed by atoms with Crippen LogP contribution in [0.2, 0.25) is 0 Å². The van der Waals surface area contributed by atoms with E-state index in [0.717, 1.165) is 42.5 Å². The van der Waals surface area contributed by atoms with Gasteiger partial charge in [0.05, 0.1) is 21.8 Å². The van der Waals surface area contributed by atoms with Gasteiger partial charge in [-0.2, -0.15) is 4.31 Å². The van der Waals surface area contributed by atoms with Gasteiger partial charge >= 0.3 is 0 Å². The van der Waals surface area contributed by atoms with Crippen molar-refractivity contribution >= 4 is 38.2 Å². The van der Waals surface area contributed by atoms with Gasteiger partial charge in [0.1, 0.15) is 5.69 Å². The van der Waals surface area contributed by atoms with Crippen molar-refractivity contribution in [2.45, 2.75) is 31.6 Å². The Balaban J connectivity index is 1.71. The first kappa shape index (κ1) is 22.2. The van der Waals surface area contributed by atoms with E-state index < -0.39 is 10.0 Å². The number of amides is 1. The maximum Gasteiger partial charge on any atom is 0.274 e. The second-order valence-electron chi connectivity index (χ2n) is 7.81. The number of sulfonamides is 1. The number of rotatable bonds is 7. The molecule has 2 aromatic carbocycles. The third-order valence-corrected chi connectivity index (χ3v) is 7.88. The Labute approximate surface area is 189 Å². The molecule has 0 aliphatic carbocycles. The summed E-state index contributed by atoms with van der Waals surface area (Å²) < 4.78 is 27.5. The molecule has 0 spiro atoms. The van der Waals surface area contributed by atoms with E-state index in [0.29, 0.717) is 18.8 Å². The molecule has 7 nitrogen and oxygen atoms in total. The Kier molecular flexibility index (Phi) is 6.43. The van der Waals surface area contributed by atoms with Crippen molar-refractivity contribution < 1.29 is 13.2 Å². The molecule has 168 valence electrons. The van der Waals surface area contributed by atoms with E-state index >= 15 is 0 Å². The molecule has 1 aliphatic heterocycles. The van der Waals surface area contributed by atoms with Gasteiger partial charge in [0.15, 0.2) is 0 Å². The third-order valence-electron chi connectivity index (χ3n) is 5.84. The van der Waals surface area contributed by atoms with Gasteiger partial charge in [-0.1, -0.05) is 38.1 Å². The van der Waals surface area contributed by atoms with E-state index in [1.807, 2.05) is 44.2 Å². The predicted octanol–water partition coefficient (Wildman–Crippen LogP) is 4.12. The molecule has 1 saturated heterocycles. The van der Waals surface area contributed by atoms with Crippen LogP contribution in [0.25, 0.3) is 10.9 Å². The molecule has 0 atom stereocenters. The minimum atomic E-state index is -3.65. The van der Waals surface area contributed by atoms with Gasteiger partial charge in [0.25, 0.3) is 5.91 Å².